The summed E-state index contributed by atoms with van der Waals surface area (Å²) in [6.07, 6.45) is -0.0654. The lowest BCUT2D eigenvalue weighted by Crippen LogP contribution is -2.30. The van der Waals surface area contributed by atoms with Gasteiger partial charge >= 0.3 is 0 Å². The molecule has 2 heterocycles. The number of carbonyl (C=O) groups excluding carboxylic acids is 1. The summed E-state index contributed by atoms with van der Waals surface area (Å²) in [5.41, 5.74) is 6.89. The molecular weight excluding hydrogens is 308 g/mol. The number of carbonyl (C=O) groups is 1. The van der Waals surface area contributed by atoms with Crippen LogP contribution >= 0.6 is 22.9 Å². The minimum absolute atomic E-state index is 0.0654. The largest absolute Gasteiger partial charge is 0.482 e. The molecule has 6 heteroatoms. The Morgan fingerprint density at radius 1 is 1.48 bits per heavy atom. The fraction of sp³-hybridized carbons (Fsp3) is 0.267. The number of halogens is 1. The minimum atomic E-state index is -0.501. The number of hydrogen-bond donors (Lipinski definition) is 2. The molecule has 1 aliphatic heterocycles. The first-order valence-corrected chi connectivity index (χ1v) is 7.80. The van der Waals surface area contributed by atoms with Gasteiger partial charge in [-0.1, -0.05) is 11.6 Å². The Morgan fingerprint density at radius 2 is 2.29 bits per heavy atom. The van der Waals surface area contributed by atoms with E-state index in [1.165, 1.54) is 21.4 Å². The zero-order valence-electron chi connectivity index (χ0n) is 11.5. The summed E-state index contributed by atoms with van der Waals surface area (Å²) in [5, 5.41) is 3.73. The maximum atomic E-state index is 11.1. The van der Waals surface area contributed by atoms with E-state index in [1.54, 1.807) is 23.5 Å². The number of nitrogens with one attached hydrogen (secondary N) is 1. The van der Waals surface area contributed by atoms with Gasteiger partial charge in [0.1, 0.15) is 11.9 Å². The maximum Gasteiger partial charge on any atom is 0.248 e. The van der Waals surface area contributed by atoms with Crippen molar-refractivity contribution in [3.8, 4) is 5.75 Å². The van der Waals surface area contributed by atoms with Crippen LogP contribution in [0.1, 0.15) is 31.8 Å². The van der Waals surface area contributed by atoms with Crippen LogP contribution in [0.15, 0.2) is 24.3 Å². The van der Waals surface area contributed by atoms with Gasteiger partial charge in [-0.2, -0.15) is 0 Å². The van der Waals surface area contributed by atoms with Crippen LogP contribution in [0.3, 0.4) is 0 Å². The van der Waals surface area contributed by atoms with Crippen LogP contribution in [0.4, 0.5) is 0 Å². The molecule has 0 aliphatic carbocycles. The van der Waals surface area contributed by atoms with Gasteiger partial charge in [-0.15, -0.1) is 11.3 Å². The van der Waals surface area contributed by atoms with Crippen molar-refractivity contribution in [1.82, 2.24) is 5.32 Å². The van der Waals surface area contributed by atoms with Gasteiger partial charge in [0.25, 0.3) is 0 Å². The van der Waals surface area contributed by atoms with Gasteiger partial charge < -0.3 is 15.8 Å². The second kappa shape index (κ2) is 5.67. The lowest BCUT2D eigenvalue weighted by Gasteiger charge is -2.24. The van der Waals surface area contributed by atoms with Gasteiger partial charge in [0, 0.05) is 23.5 Å². The number of amides is 1. The summed E-state index contributed by atoms with van der Waals surface area (Å²) >= 11 is 7.92. The van der Waals surface area contributed by atoms with E-state index in [0.717, 1.165) is 13.1 Å². The van der Waals surface area contributed by atoms with Gasteiger partial charge in [-0.25, -0.2) is 0 Å². The number of benzene rings is 1. The quantitative estimate of drug-likeness (QED) is 0.913. The van der Waals surface area contributed by atoms with E-state index in [-0.39, 0.29) is 6.10 Å². The maximum absolute atomic E-state index is 11.1. The van der Waals surface area contributed by atoms with E-state index in [2.05, 4.69) is 18.3 Å². The van der Waals surface area contributed by atoms with Crippen LogP contribution in [-0.4, -0.2) is 12.5 Å². The zero-order valence-corrected chi connectivity index (χ0v) is 13.1. The average molecular weight is 323 g/mol. The monoisotopic (exact) mass is 322 g/mol. The molecule has 1 aliphatic rings. The second-order valence-corrected chi connectivity index (χ2v) is 6.69. The first-order chi connectivity index (χ1) is 10.0. The molecule has 1 amide bonds. The minimum Gasteiger partial charge on any atom is -0.482 e. The lowest BCUT2D eigenvalue weighted by molar-refractivity contribution is 0.1000. The molecule has 3 rings (SSSR count). The van der Waals surface area contributed by atoms with Crippen LogP contribution in [-0.2, 0) is 6.54 Å². The fourth-order valence-corrected chi connectivity index (χ4v) is 3.72. The van der Waals surface area contributed by atoms with Gasteiger partial charge in [-0.3, -0.25) is 4.79 Å². The molecule has 2 aromatic rings. The Bertz CT molecular complexity index is 699. The van der Waals surface area contributed by atoms with Crippen molar-refractivity contribution in [3.63, 3.8) is 0 Å². The average Bonchev–Trinajstić information content (AvgIpc) is 2.82. The molecule has 4 nitrogen and oxygen atoms in total. The van der Waals surface area contributed by atoms with E-state index >= 15 is 0 Å². The summed E-state index contributed by atoms with van der Waals surface area (Å²) < 4.78 is 6.02. The highest BCUT2D eigenvalue weighted by molar-refractivity contribution is 7.12. The summed E-state index contributed by atoms with van der Waals surface area (Å²) in [5.74, 6) is 0.0614. The highest BCUT2D eigenvalue weighted by atomic mass is 35.5. The zero-order chi connectivity index (χ0) is 15.0. The summed E-state index contributed by atoms with van der Waals surface area (Å²) in [6.45, 7) is 3.70. The Labute approximate surface area is 131 Å². The number of primary amides is 1. The molecule has 0 radical (unpaired) electrons. The Hall–Kier alpha value is -1.56. The van der Waals surface area contributed by atoms with Crippen molar-refractivity contribution in [2.75, 3.05) is 6.54 Å². The standard InChI is InChI=1S/C15H15ClN2O2S/c1-8-4-10-6-18-7-13(14(10)21-8)20-12-3-2-9(15(17)19)5-11(12)16/h2-5,13,18H,6-7H2,1H3,(H2,17,19). The molecule has 0 saturated carbocycles. The van der Waals surface area contributed by atoms with E-state index in [9.17, 15) is 4.79 Å². The van der Waals surface area contributed by atoms with Crippen LogP contribution in [0.25, 0.3) is 0 Å². The molecule has 110 valence electrons. The van der Waals surface area contributed by atoms with Crippen molar-refractivity contribution in [1.29, 1.82) is 0 Å². The number of ether oxygens (including phenoxy) is 1. The van der Waals surface area contributed by atoms with Crippen molar-refractivity contribution >= 4 is 28.8 Å². The molecule has 1 aromatic carbocycles. The predicted octanol–water partition coefficient (Wildman–Crippen LogP) is 3.03. The summed E-state index contributed by atoms with van der Waals surface area (Å²) in [6, 6.07) is 7.04. The smallest absolute Gasteiger partial charge is 0.248 e. The molecule has 1 unspecified atom stereocenters. The Morgan fingerprint density at radius 3 is 3.00 bits per heavy atom. The SMILES string of the molecule is Cc1cc2c(s1)C(Oc1ccc(C(N)=O)cc1Cl)CNC2. The number of fused-ring (bicyclic) bond motifs is 1. The highest BCUT2D eigenvalue weighted by Gasteiger charge is 2.24. The first-order valence-electron chi connectivity index (χ1n) is 6.60. The number of rotatable bonds is 3. The van der Waals surface area contributed by atoms with Crippen molar-refractivity contribution in [2.24, 2.45) is 5.73 Å². The lowest BCUT2D eigenvalue weighted by atomic mass is 10.1. The third kappa shape index (κ3) is 2.90. The van der Waals surface area contributed by atoms with Gasteiger partial charge in [0.15, 0.2) is 0 Å². The summed E-state index contributed by atoms with van der Waals surface area (Å²) in [4.78, 5) is 13.6. The fourth-order valence-electron chi connectivity index (χ4n) is 2.42. The Balaban J connectivity index is 1.86. The van der Waals surface area contributed by atoms with Crippen LogP contribution in [0.2, 0.25) is 5.02 Å². The number of thiophene rings is 1. The third-order valence-corrected chi connectivity index (χ3v) is 4.87. The van der Waals surface area contributed by atoms with Crippen LogP contribution in [0, 0.1) is 6.92 Å². The normalized spacial score (nSPS) is 17.3. The van der Waals surface area contributed by atoms with Crippen molar-refractivity contribution in [3.05, 3.63) is 50.2 Å². The molecule has 0 bridgehead atoms. The van der Waals surface area contributed by atoms with E-state index in [0.29, 0.717) is 16.3 Å². The molecular formula is C15H15ClN2O2S. The van der Waals surface area contributed by atoms with Gasteiger partial charge in [0.2, 0.25) is 5.91 Å². The molecule has 21 heavy (non-hydrogen) atoms. The molecule has 1 atom stereocenters. The number of hydrogen-bond acceptors (Lipinski definition) is 4. The third-order valence-electron chi connectivity index (χ3n) is 3.39. The van der Waals surface area contributed by atoms with E-state index in [1.807, 2.05) is 0 Å². The predicted molar refractivity (Wildman–Crippen MR) is 84.1 cm³/mol. The van der Waals surface area contributed by atoms with Crippen LogP contribution < -0.4 is 15.8 Å². The molecule has 0 spiro atoms. The van der Waals surface area contributed by atoms with Gasteiger partial charge in [0.05, 0.1) is 9.90 Å². The molecule has 3 N–H and O–H groups in total. The number of aryl methyl sites for hydroxylation is 1. The van der Waals surface area contributed by atoms with Crippen molar-refractivity contribution in [2.45, 2.75) is 19.6 Å². The van der Waals surface area contributed by atoms with E-state index < -0.39 is 5.91 Å². The molecule has 0 fully saturated rings. The highest BCUT2D eigenvalue weighted by Crippen LogP contribution is 2.36. The van der Waals surface area contributed by atoms with Crippen molar-refractivity contribution < 1.29 is 9.53 Å². The topological polar surface area (TPSA) is 64.3 Å². The second-order valence-electron chi connectivity index (χ2n) is 4.99. The van der Waals surface area contributed by atoms with Gasteiger partial charge in [-0.05, 0) is 36.8 Å². The van der Waals surface area contributed by atoms with E-state index in [4.69, 9.17) is 22.1 Å². The Kier molecular flexibility index (Phi) is 3.89. The molecule has 1 aromatic heterocycles. The number of nitrogens with two attached hydrogens (primary N) is 1. The summed E-state index contributed by atoms with van der Waals surface area (Å²) in [7, 11) is 0. The first kappa shape index (κ1) is 14.4. The van der Waals surface area contributed by atoms with Crippen LogP contribution in [0.5, 0.6) is 5.75 Å². The molecule has 0 saturated heterocycles.